The van der Waals surface area contributed by atoms with Gasteiger partial charge in [-0.15, -0.1) is 0 Å². The molecule has 16 heavy (non-hydrogen) atoms. The van der Waals surface area contributed by atoms with Gasteiger partial charge in [-0.2, -0.15) is 0 Å². The molecule has 0 saturated carbocycles. The lowest BCUT2D eigenvalue weighted by molar-refractivity contribution is -0.139. The third-order valence-corrected chi connectivity index (χ3v) is 3.01. The van der Waals surface area contributed by atoms with E-state index in [0.29, 0.717) is 19.6 Å². The number of carboxylic acid groups (broad SMARTS) is 1. The largest absolute Gasteiger partial charge is 0.480 e. The summed E-state index contributed by atoms with van der Waals surface area (Å²) in [6.45, 7) is 3.02. The topological polar surface area (TPSA) is 86.7 Å². The van der Waals surface area contributed by atoms with Crippen molar-refractivity contribution in [1.29, 1.82) is 0 Å². The van der Waals surface area contributed by atoms with Crippen LogP contribution in [0.2, 0.25) is 0 Å². The molecule has 0 aliphatic heterocycles. The van der Waals surface area contributed by atoms with Gasteiger partial charge in [-0.05, 0) is 13.6 Å². The zero-order valence-electron chi connectivity index (χ0n) is 9.93. The van der Waals surface area contributed by atoms with E-state index < -0.39 is 21.8 Å². The molecule has 6 nitrogen and oxygen atoms in total. The molecule has 0 amide bonds. The van der Waals surface area contributed by atoms with Crippen molar-refractivity contribution in [2.75, 3.05) is 38.7 Å². The molecular weight excluding hydrogens is 232 g/mol. The molecule has 0 radical (unpaired) electrons. The van der Waals surface area contributed by atoms with Gasteiger partial charge in [-0.25, -0.2) is 8.42 Å². The van der Waals surface area contributed by atoms with Crippen LogP contribution in [-0.2, 0) is 14.6 Å². The van der Waals surface area contributed by atoms with Crippen LogP contribution >= 0.6 is 0 Å². The first-order chi connectivity index (χ1) is 7.26. The quantitative estimate of drug-likeness (QED) is 0.578. The fourth-order valence-electron chi connectivity index (χ4n) is 1.20. The van der Waals surface area contributed by atoms with Crippen LogP contribution in [0.15, 0.2) is 0 Å². The fourth-order valence-corrected chi connectivity index (χ4v) is 1.84. The van der Waals surface area contributed by atoms with E-state index >= 15 is 0 Å². The minimum Gasteiger partial charge on any atom is -0.480 e. The van der Waals surface area contributed by atoms with Crippen LogP contribution < -0.4 is 5.32 Å². The second-order valence-corrected chi connectivity index (χ2v) is 6.10. The van der Waals surface area contributed by atoms with Crippen LogP contribution in [0.1, 0.15) is 6.92 Å². The van der Waals surface area contributed by atoms with E-state index in [2.05, 4.69) is 5.32 Å². The predicted molar refractivity (Wildman–Crippen MR) is 62.3 cm³/mol. The summed E-state index contributed by atoms with van der Waals surface area (Å²) in [4.78, 5) is 12.5. The Bertz CT molecular complexity index is 315. The summed E-state index contributed by atoms with van der Waals surface area (Å²) in [6.07, 6.45) is 1.17. The lowest BCUT2D eigenvalue weighted by Crippen LogP contribution is -2.45. The number of sulfone groups is 1. The Labute approximate surface area is 96.5 Å². The van der Waals surface area contributed by atoms with Gasteiger partial charge in [0.15, 0.2) is 0 Å². The molecule has 0 aliphatic rings. The first kappa shape index (κ1) is 15.3. The number of nitrogens with one attached hydrogen (secondary N) is 1. The first-order valence-corrected chi connectivity index (χ1v) is 7.14. The second-order valence-electron chi connectivity index (χ2n) is 3.84. The van der Waals surface area contributed by atoms with E-state index in [9.17, 15) is 13.2 Å². The van der Waals surface area contributed by atoms with Crippen molar-refractivity contribution in [2.24, 2.45) is 0 Å². The highest BCUT2D eigenvalue weighted by Gasteiger charge is 2.18. The minimum atomic E-state index is -3.00. The number of aliphatic carboxylic acids is 1. The van der Waals surface area contributed by atoms with Gasteiger partial charge in [0.1, 0.15) is 15.9 Å². The van der Waals surface area contributed by atoms with E-state index in [-0.39, 0.29) is 5.75 Å². The Morgan fingerprint density at radius 1 is 1.50 bits per heavy atom. The maximum Gasteiger partial charge on any atom is 0.322 e. The Balaban J connectivity index is 4.09. The number of carboxylic acids is 1. The van der Waals surface area contributed by atoms with Gasteiger partial charge < -0.3 is 15.3 Å². The molecule has 0 aromatic carbocycles. The number of hydrogen-bond acceptors (Lipinski definition) is 5. The molecular formula is C9H20N2O4S. The van der Waals surface area contributed by atoms with E-state index in [1.807, 2.05) is 6.92 Å². The summed E-state index contributed by atoms with van der Waals surface area (Å²) in [5, 5.41) is 11.7. The van der Waals surface area contributed by atoms with Gasteiger partial charge in [0.2, 0.25) is 0 Å². The van der Waals surface area contributed by atoms with Crippen LogP contribution in [0.5, 0.6) is 0 Å². The molecule has 0 spiro atoms. The average Bonchev–Trinajstić information content (AvgIpc) is 2.13. The average molecular weight is 252 g/mol. The molecule has 0 saturated heterocycles. The van der Waals surface area contributed by atoms with Crippen molar-refractivity contribution in [2.45, 2.75) is 13.0 Å². The molecule has 2 N–H and O–H groups in total. The molecule has 0 heterocycles. The standard InChI is InChI=1S/C9H20N2O4S/c1-4-10-8(9(12)13)7-11(2)5-6-16(3,14)15/h8,10H,4-7H2,1-3H3,(H,12,13). The van der Waals surface area contributed by atoms with Crippen molar-refractivity contribution in [3.63, 3.8) is 0 Å². The second kappa shape index (κ2) is 6.82. The first-order valence-electron chi connectivity index (χ1n) is 5.08. The molecule has 7 heteroatoms. The normalized spacial score (nSPS) is 14.0. The molecule has 1 atom stereocenters. The SMILES string of the molecule is CCNC(CN(C)CCS(C)(=O)=O)C(=O)O. The highest BCUT2D eigenvalue weighted by molar-refractivity contribution is 7.90. The summed E-state index contributed by atoms with van der Waals surface area (Å²) >= 11 is 0. The molecule has 0 aliphatic carbocycles. The van der Waals surface area contributed by atoms with Crippen LogP contribution in [0, 0.1) is 0 Å². The maximum absolute atomic E-state index is 10.9. The van der Waals surface area contributed by atoms with Gasteiger partial charge in [0.25, 0.3) is 0 Å². The van der Waals surface area contributed by atoms with Gasteiger partial charge in [0.05, 0.1) is 5.75 Å². The number of carbonyl (C=O) groups is 1. The lowest BCUT2D eigenvalue weighted by atomic mass is 10.3. The zero-order valence-corrected chi connectivity index (χ0v) is 10.7. The number of likely N-dealkylation sites (N-methyl/N-ethyl adjacent to an activating group) is 2. The summed E-state index contributed by atoms with van der Waals surface area (Å²) < 4.78 is 21.8. The number of hydrogen-bond donors (Lipinski definition) is 2. The van der Waals surface area contributed by atoms with Gasteiger partial charge in [0, 0.05) is 19.3 Å². The van der Waals surface area contributed by atoms with E-state index in [4.69, 9.17) is 5.11 Å². The van der Waals surface area contributed by atoms with Crippen molar-refractivity contribution in [3.8, 4) is 0 Å². The summed E-state index contributed by atoms with van der Waals surface area (Å²) in [7, 11) is -1.29. The summed E-state index contributed by atoms with van der Waals surface area (Å²) in [6, 6.07) is -0.658. The number of rotatable bonds is 8. The van der Waals surface area contributed by atoms with Crippen molar-refractivity contribution in [3.05, 3.63) is 0 Å². The van der Waals surface area contributed by atoms with Crippen LogP contribution in [0.3, 0.4) is 0 Å². The van der Waals surface area contributed by atoms with Crippen molar-refractivity contribution < 1.29 is 18.3 Å². The zero-order chi connectivity index (χ0) is 12.8. The summed E-state index contributed by atoms with van der Waals surface area (Å²) in [5.74, 6) is -0.879. The minimum absolute atomic E-state index is 0.0436. The molecule has 0 fully saturated rings. The smallest absolute Gasteiger partial charge is 0.322 e. The Kier molecular flexibility index (Phi) is 6.54. The van der Waals surface area contributed by atoms with Crippen molar-refractivity contribution >= 4 is 15.8 Å². The predicted octanol–water partition coefficient (Wildman–Crippen LogP) is -0.974. The van der Waals surface area contributed by atoms with Crippen LogP contribution in [-0.4, -0.2) is 69.1 Å². The highest BCUT2D eigenvalue weighted by atomic mass is 32.2. The summed E-state index contributed by atoms with van der Waals surface area (Å²) in [5.41, 5.74) is 0. The molecule has 0 aromatic rings. The lowest BCUT2D eigenvalue weighted by Gasteiger charge is -2.21. The Morgan fingerprint density at radius 2 is 2.06 bits per heavy atom. The van der Waals surface area contributed by atoms with Crippen molar-refractivity contribution in [1.82, 2.24) is 10.2 Å². The Morgan fingerprint density at radius 3 is 2.44 bits per heavy atom. The molecule has 1 unspecified atom stereocenters. The molecule has 0 rings (SSSR count). The molecule has 96 valence electrons. The highest BCUT2D eigenvalue weighted by Crippen LogP contribution is 1.92. The van der Waals surface area contributed by atoms with E-state index in [1.54, 1.807) is 11.9 Å². The maximum atomic E-state index is 10.9. The molecule has 0 aromatic heterocycles. The van der Waals surface area contributed by atoms with Crippen LogP contribution in [0.4, 0.5) is 0 Å². The third-order valence-electron chi connectivity index (χ3n) is 2.09. The van der Waals surface area contributed by atoms with Crippen LogP contribution in [0.25, 0.3) is 0 Å². The van der Waals surface area contributed by atoms with Gasteiger partial charge in [-0.1, -0.05) is 6.92 Å². The fraction of sp³-hybridized carbons (Fsp3) is 0.889. The van der Waals surface area contributed by atoms with Gasteiger partial charge >= 0.3 is 5.97 Å². The monoisotopic (exact) mass is 252 g/mol. The van der Waals surface area contributed by atoms with E-state index in [1.165, 1.54) is 6.26 Å². The van der Waals surface area contributed by atoms with E-state index in [0.717, 1.165) is 0 Å². The molecule has 0 bridgehead atoms. The Hall–Kier alpha value is -0.660. The third kappa shape index (κ3) is 7.61. The number of nitrogens with zero attached hydrogens (tertiary/aromatic N) is 1. The van der Waals surface area contributed by atoms with Gasteiger partial charge in [-0.3, -0.25) is 4.79 Å².